The van der Waals surface area contributed by atoms with E-state index in [1.54, 1.807) is 7.05 Å². The first-order valence-corrected chi connectivity index (χ1v) is 9.69. The fraction of sp³-hybridized carbons (Fsp3) is 0.722. The second-order valence-electron chi connectivity index (χ2n) is 7.26. The lowest BCUT2D eigenvalue weighted by Crippen LogP contribution is -2.51. The molecule has 0 saturated carbocycles. The van der Waals surface area contributed by atoms with Crippen LogP contribution in [0.15, 0.2) is 12.1 Å². The van der Waals surface area contributed by atoms with Gasteiger partial charge in [0, 0.05) is 48.4 Å². The van der Waals surface area contributed by atoms with E-state index in [1.165, 1.54) is 22.6 Å². The number of aryl methyl sites for hydroxylation is 1. The first kappa shape index (κ1) is 17.9. The van der Waals surface area contributed by atoms with Crippen molar-refractivity contribution in [2.75, 3.05) is 53.0 Å². The van der Waals surface area contributed by atoms with E-state index in [-0.39, 0.29) is 11.3 Å². The molecule has 1 spiro atoms. The summed E-state index contributed by atoms with van der Waals surface area (Å²) in [5.41, 5.74) is 0.162. The molecule has 1 aromatic rings. The number of likely N-dealkylation sites (N-methyl/N-ethyl adjacent to an activating group) is 1. The van der Waals surface area contributed by atoms with Crippen LogP contribution in [0.4, 0.5) is 0 Å². The van der Waals surface area contributed by atoms with Crippen LogP contribution < -0.4 is 5.32 Å². The van der Waals surface area contributed by atoms with Crippen LogP contribution >= 0.6 is 11.3 Å². The van der Waals surface area contributed by atoms with E-state index in [0.29, 0.717) is 6.54 Å². The lowest BCUT2D eigenvalue weighted by Gasteiger charge is -2.43. The fourth-order valence-electron chi connectivity index (χ4n) is 3.98. The molecular weight excluding hydrogens is 322 g/mol. The van der Waals surface area contributed by atoms with Gasteiger partial charge in [0.25, 0.3) is 0 Å². The summed E-state index contributed by atoms with van der Waals surface area (Å²) in [4.78, 5) is 19.4. The van der Waals surface area contributed by atoms with Crippen molar-refractivity contribution in [2.24, 2.45) is 5.41 Å². The molecule has 1 amide bonds. The Hall–Kier alpha value is -0.950. The fourth-order valence-corrected chi connectivity index (χ4v) is 4.91. The third-order valence-electron chi connectivity index (χ3n) is 5.08. The smallest absolute Gasteiger partial charge is 0.233 e. The highest BCUT2D eigenvalue weighted by molar-refractivity contribution is 7.11. The summed E-state index contributed by atoms with van der Waals surface area (Å²) in [6, 6.07) is 4.46. The third kappa shape index (κ3) is 4.57. The van der Waals surface area contributed by atoms with Crippen molar-refractivity contribution in [1.29, 1.82) is 0 Å². The molecule has 0 aliphatic carbocycles. The van der Waals surface area contributed by atoms with Gasteiger partial charge in [-0.25, -0.2) is 0 Å². The summed E-state index contributed by atoms with van der Waals surface area (Å²) < 4.78 is 5.94. The molecule has 24 heavy (non-hydrogen) atoms. The van der Waals surface area contributed by atoms with E-state index < -0.39 is 0 Å². The monoisotopic (exact) mass is 351 g/mol. The van der Waals surface area contributed by atoms with Crippen LogP contribution in [-0.2, 0) is 16.1 Å². The topological polar surface area (TPSA) is 44.8 Å². The SMILES string of the molecule is CNC(=O)CN1CCOC[C@]2(CCCN(Cc3ccc(C)s3)C2)C1. The number of hydrogen-bond donors (Lipinski definition) is 1. The third-order valence-corrected chi connectivity index (χ3v) is 6.07. The van der Waals surface area contributed by atoms with Gasteiger partial charge in [-0.2, -0.15) is 0 Å². The van der Waals surface area contributed by atoms with Crippen LogP contribution in [0.1, 0.15) is 22.6 Å². The molecule has 1 N–H and O–H groups in total. The highest BCUT2D eigenvalue weighted by atomic mass is 32.1. The van der Waals surface area contributed by atoms with Crippen molar-refractivity contribution in [1.82, 2.24) is 15.1 Å². The van der Waals surface area contributed by atoms with E-state index >= 15 is 0 Å². The van der Waals surface area contributed by atoms with Gasteiger partial charge in [-0.15, -0.1) is 11.3 Å². The van der Waals surface area contributed by atoms with Gasteiger partial charge in [-0.1, -0.05) is 0 Å². The number of hydrogen-bond acceptors (Lipinski definition) is 5. The van der Waals surface area contributed by atoms with Crippen molar-refractivity contribution in [2.45, 2.75) is 26.3 Å². The number of rotatable bonds is 4. The molecule has 2 aliphatic rings. The summed E-state index contributed by atoms with van der Waals surface area (Å²) >= 11 is 1.90. The Kier molecular flexibility index (Phi) is 5.92. The molecule has 5 nitrogen and oxygen atoms in total. The zero-order chi connectivity index (χ0) is 17.0. The van der Waals surface area contributed by atoms with Crippen molar-refractivity contribution in [3.8, 4) is 0 Å². The molecule has 1 aromatic heterocycles. The Labute approximate surface area is 149 Å². The van der Waals surface area contributed by atoms with E-state index in [2.05, 4.69) is 34.2 Å². The van der Waals surface area contributed by atoms with Gasteiger partial charge < -0.3 is 10.1 Å². The average molecular weight is 352 g/mol. The number of carbonyl (C=O) groups is 1. The largest absolute Gasteiger partial charge is 0.379 e. The van der Waals surface area contributed by atoms with E-state index in [4.69, 9.17) is 4.74 Å². The summed E-state index contributed by atoms with van der Waals surface area (Å²) in [5.74, 6) is 0.0915. The average Bonchev–Trinajstić information content (AvgIpc) is 2.86. The van der Waals surface area contributed by atoms with Crippen molar-refractivity contribution in [3.05, 3.63) is 21.9 Å². The Balaban J connectivity index is 1.64. The van der Waals surface area contributed by atoms with Gasteiger partial charge in [0.05, 0.1) is 19.8 Å². The quantitative estimate of drug-likeness (QED) is 0.897. The number of nitrogens with zero attached hydrogens (tertiary/aromatic N) is 2. The summed E-state index contributed by atoms with van der Waals surface area (Å²) in [6.07, 6.45) is 2.40. The molecule has 6 heteroatoms. The molecule has 2 saturated heterocycles. The highest BCUT2D eigenvalue weighted by Gasteiger charge is 2.39. The Morgan fingerprint density at radius 3 is 2.92 bits per heavy atom. The predicted octanol–water partition coefficient (Wildman–Crippen LogP) is 1.72. The summed E-state index contributed by atoms with van der Waals surface area (Å²) in [7, 11) is 1.71. The maximum atomic E-state index is 11.8. The van der Waals surface area contributed by atoms with E-state index in [0.717, 1.165) is 45.9 Å². The van der Waals surface area contributed by atoms with Gasteiger partial charge in [-0.05, 0) is 38.4 Å². The van der Waals surface area contributed by atoms with E-state index in [9.17, 15) is 4.79 Å². The molecule has 3 rings (SSSR count). The Morgan fingerprint density at radius 1 is 1.33 bits per heavy atom. The molecule has 0 bridgehead atoms. The molecule has 3 heterocycles. The minimum Gasteiger partial charge on any atom is -0.379 e. The van der Waals surface area contributed by atoms with Gasteiger partial charge in [0.1, 0.15) is 0 Å². The van der Waals surface area contributed by atoms with Gasteiger partial charge in [0.15, 0.2) is 0 Å². The molecule has 2 aliphatic heterocycles. The Bertz CT molecular complexity index is 562. The minimum atomic E-state index is 0.0915. The molecule has 0 aromatic carbocycles. The second-order valence-corrected chi connectivity index (χ2v) is 8.64. The zero-order valence-electron chi connectivity index (χ0n) is 14.8. The number of likely N-dealkylation sites (tertiary alicyclic amines) is 1. The number of ether oxygens (including phenoxy) is 1. The van der Waals surface area contributed by atoms with Crippen LogP contribution in [-0.4, -0.2) is 68.7 Å². The lowest BCUT2D eigenvalue weighted by atomic mass is 9.80. The predicted molar refractivity (Wildman–Crippen MR) is 97.3 cm³/mol. The van der Waals surface area contributed by atoms with Crippen LogP contribution in [0, 0.1) is 12.3 Å². The molecule has 0 radical (unpaired) electrons. The number of nitrogens with one attached hydrogen (secondary N) is 1. The zero-order valence-corrected chi connectivity index (χ0v) is 15.7. The lowest BCUT2D eigenvalue weighted by molar-refractivity contribution is -0.122. The van der Waals surface area contributed by atoms with Crippen LogP contribution in [0.5, 0.6) is 0 Å². The molecule has 2 fully saturated rings. The second kappa shape index (κ2) is 7.95. The van der Waals surface area contributed by atoms with Crippen molar-refractivity contribution >= 4 is 17.2 Å². The van der Waals surface area contributed by atoms with Crippen molar-refractivity contribution in [3.63, 3.8) is 0 Å². The first-order chi connectivity index (χ1) is 11.6. The van der Waals surface area contributed by atoms with Crippen LogP contribution in [0.25, 0.3) is 0 Å². The van der Waals surface area contributed by atoms with Crippen LogP contribution in [0.3, 0.4) is 0 Å². The molecule has 134 valence electrons. The maximum Gasteiger partial charge on any atom is 0.233 e. The van der Waals surface area contributed by atoms with Gasteiger partial charge in [0.2, 0.25) is 5.91 Å². The van der Waals surface area contributed by atoms with Gasteiger partial charge in [-0.3, -0.25) is 14.6 Å². The van der Waals surface area contributed by atoms with Crippen LogP contribution in [0.2, 0.25) is 0 Å². The number of carbonyl (C=O) groups excluding carboxylic acids is 1. The first-order valence-electron chi connectivity index (χ1n) is 8.87. The summed E-state index contributed by atoms with van der Waals surface area (Å²) in [5, 5.41) is 2.74. The molecular formula is C18H29N3O2S. The van der Waals surface area contributed by atoms with Gasteiger partial charge >= 0.3 is 0 Å². The number of amides is 1. The Morgan fingerprint density at radius 2 is 2.17 bits per heavy atom. The highest BCUT2D eigenvalue weighted by Crippen LogP contribution is 2.34. The molecule has 1 atom stereocenters. The maximum absolute atomic E-state index is 11.8. The number of piperidine rings is 1. The van der Waals surface area contributed by atoms with E-state index in [1.807, 2.05) is 11.3 Å². The molecule has 0 unspecified atom stereocenters. The van der Waals surface area contributed by atoms with Crippen molar-refractivity contribution < 1.29 is 9.53 Å². The normalized spacial score (nSPS) is 26.4. The summed E-state index contributed by atoms with van der Waals surface area (Å²) in [6.45, 7) is 9.26. The standard InChI is InChI=1S/C18H29N3O2S/c1-15-4-5-16(24-15)10-20-7-3-6-18(12-20)13-21(8-9-23-14-18)11-17(22)19-2/h4-5H,3,6-14H2,1-2H3,(H,19,22)/t18-/m0/s1. The number of thiophene rings is 1. The minimum absolute atomic E-state index is 0.0915.